The van der Waals surface area contributed by atoms with Crippen molar-refractivity contribution in [3.8, 4) is 5.95 Å². The monoisotopic (exact) mass is 539 g/mol. The van der Waals surface area contributed by atoms with E-state index >= 15 is 0 Å². The molecule has 0 saturated carbocycles. The normalized spacial score (nSPS) is 17.7. The summed E-state index contributed by atoms with van der Waals surface area (Å²) in [6.07, 6.45) is 0.696. The number of nitrogens with one attached hydrogen (secondary N) is 1. The van der Waals surface area contributed by atoms with Gasteiger partial charge in [0, 0.05) is 35.2 Å². The Morgan fingerprint density at radius 1 is 1.07 bits per heavy atom. The van der Waals surface area contributed by atoms with Gasteiger partial charge in [0.15, 0.2) is 0 Å². The summed E-state index contributed by atoms with van der Waals surface area (Å²) in [5.74, 6) is 0.813. The highest BCUT2D eigenvalue weighted by Gasteiger charge is 2.51. The molecular formula is C30H34BN5O4. The van der Waals surface area contributed by atoms with E-state index in [9.17, 15) is 4.79 Å². The molecule has 2 aliphatic heterocycles. The third kappa shape index (κ3) is 4.56. The highest BCUT2D eigenvalue weighted by atomic mass is 16.7. The molecule has 0 radical (unpaired) electrons. The number of anilines is 1. The van der Waals surface area contributed by atoms with Crippen molar-refractivity contribution in [1.82, 2.24) is 14.5 Å². The molecule has 1 fully saturated rings. The average Bonchev–Trinajstić information content (AvgIpc) is 3.37. The number of fused-ring (bicyclic) bond motifs is 2. The Bertz CT molecular complexity index is 1610. The van der Waals surface area contributed by atoms with E-state index in [4.69, 9.17) is 29.7 Å². The van der Waals surface area contributed by atoms with E-state index in [2.05, 4.69) is 45.1 Å². The fourth-order valence-electron chi connectivity index (χ4n) is 5.32. The van der Waals surface area contributed by atoms with E-state index in [1.165, 1.54) is 0 Å². The number of amides is 1. The van der Waals surface area contributed by atoms with Gasteiger partial charge in [-0.05, 0) is 63.8 Å². The Hall–Kier alpha value is -3.73. The highest BCUT2D eigenvalue weighted by molar-refractivity contribution is 6.62. The molecule has 1 amide bonds. The molecule has 6 rings (SSSR count). The Labute approximate surface area is 234 Å². The number of primary amides is 1. The van der Waals surface area contributed by atoms with Crippen molar-refractivity contribution < 1.29 is 18.8 Å². The molecule has 3 N–H and O–H groups in total. The van der Waals surface area contributed by atoms with E-state index in [-0.39, 0.29) is 0 Å². The second-order valence-corrected chi connectivity index (χ2v) is 11.5. The van der Waals surface area contributed by atoms with Gasteiger partial charge in [0.25, 0.3) is 0 Å². The van der Waals surface area contributed by atoms with Crippen LogP contribution in [-0.2, 0) is 33.6 Å². The van der Waals surface area contributed by atoms with Crippen molar-refractivity contribution in [2.75, 3.05) is 11.9 Å². The standard InChI is InChI=1S/C30H34BN5O4/c1-18-14-22-21(26(32)37)10-7-11-25(22)36(18)28-34-24-12-13-38-17-23(24)27(35-28)33-16-19-8-6-9-20(15-19)31-39-29(2,3)30(4,5)40-31/h6-11,14-15H,12-13,16-17H2,1-5H3,(H2,32,37)(H,33,34,35). The van der Waals surface area contributed by atoms with Crippen LogP contribution < -0.4 is 16.5 Å². The van der Waals surface area contributed by atoms with E-state index in [1.807, 2.05) is 41.8 Å². The molecule has 0 unspecified atom stereocenters. The molecule has 4 aromatic rings. The first-order chi connectivity index (χ1) is 19.0. The summed E-state index contributed by atoms with van der Waals surface area (Å²) >= 11 is 0. The summed E-state index contributed by atoms with van der Waals surface area (Å²) in [6.45, 7) is 11.8. The van der Waals surface area contributed by atoms with E-state index in [0.717, 1.165) is 44.7 Å². The number of rotatable bonds is 6. The number of ether oxygens (including phenoxy) is 1. The summed E-state index contributed by atoms with van der Waals surface area (Å²) in [5, 5.41) is 4.32. The number of aryl methyl sites for hydroxylation is 1. The van der Waals surface area contributed by atoms with Crippen LogP contribution in [0.2, 0.25) is 0 Å². The van der Waals surface area contributed by atoms with Crippen LogP contribution in [0.25, 0.3) is 16.9 Å². The maximum atomic E-state index is 12.1. The van der Waals surface area contributed by atoms with Crippen LogP contribution in [0.3, 0.4) is 0 Å². The molecule has 40 heavy (non-hydrogen) atoms. The zero-order chi connectivity index (χ0) is 28.2. The van der Waals surface area contributed by atoms with E-state index < -0.39 is 24.2 Å². The SMILES string of the molecule is Cc1cc2c(C(N)=O)cccc2n1-c1nc2c(c(NCc3cccc(B4OC(C)(C)C(C)(C)O4)c3)n1)COCC2. The van der Waals surface area contributed by atoms with Gasteiger partial charge in [0.1, 0.15) is 5.82 Å². The van der Waals surface area contributed by atoms with Gasteiger partial charge in [-0.1, -0.05) is 30.3 Å². The number of carbonyl (C=O) groups is 1. The summed E-state index contributed by atoms with van der Waals surface area (Å²) in [7, 11) is -0.424. The second-order valence-electron chi connectivity index (χ2n) is 11.5. The molecule has 2 aromatic carbocycles. The first-order valence-electron chi connectivity index (χ1n) is 13.6. The van der Waals surface area contributed by atoms with Gasteiger partial charge in [-0.15, -0.1) is 0 Å². The van der Waals surface area contributed by atoms with Gasteiger partial charge in [-0.25, -0.2) is 4.98 Å². The number of carbonyl (C=O) groups excluding carboxylic acids is 1. The summed E-state index contributed by atoms with van der Waals surface area (Å²) in [5.41, 5.74) is 11.0. The predicted molar refractivity (Wildman–Crippen MR) is 155 cm³/mol. The van der Waals surface area contributed by atoms with Crippen molar-refractivity contribution in [2.24, 2.45) is 5.73 Å². The Morgan fingerprint density at radius 2 is 1.82 bits per heavy atom. The summed E-state index contributed by atoms with van der Waals surface area (Å²) in [4.78, 5) is 21.9. The number of nitrogens with zero attached hydrogens (tertiary/aromatic N) is 3. The molecule has 2 aliphatic rings. The third-order valence-electron chi connectivity index (χ3n) is 8.24. The first-order valence-corrected chi connectivity index (χ1v) is 13.6. The zero-order valence-corrected chi connectivity index (χ0v) is 23.6. The number of hydrogen-bond donors (Lipinski definition) is 2. The van der Waals surface area contributed by atoms with Crippen LogP contribution in [-0.4, -0.2) is 45.4 Å². The number of aromatic nitrogens is 3. The lowest BCUT2D eigenvalue weighted by Gasteiger charge is -2.32. The number of nitrogens with two attached hydrogens (primary N) is 1. The molecule has 0 atom stereocenters. The molecule has 4 heterocycles. The van der Waals surface area contributed by atoms with Crippen LogP contribution in [0.5, 0.6) is 0 Å². The predicted octanol–water partition coefficient (Wildman–Crippen LogP) is 3.81. The number of hydrogen-bond acceptors (Lipinski definition) is 7. The minimum atomic E-state index is -0.462. The number of benzene rings is 2. The topological polar surface area (TPSA) is 114 Å². The van der Waals surface area contributed by atoms with Crippen LogP contribution in [0.1, 0.15) is 60.6 Å². The molecule has 9 nitrogen and oxygen atoms in total. The fraction of sp³-hybridized carbons (Fsp3) is 0.367. The van der Waals surface area contributed by atoms with Gasteiger partial charge in [0.2, 0.25) is 11.9 Å². The van der Waals surface area contributed by atoms with Crippen molar-refractivity contribution >= 4 is 35.2 Å². The van der Waals surface area contributed by atoms with Crippen LogP contribution in [0, 0.1) is 6.92 Å². The van der Waals surface area contributed by atoms with Gasteiger partial charge in [-0.2, -0.15) is 4.98 Å². The van der Waals surface area contributed by atoms with Gasteiger partial charge < -0.3 is 25.1 Å². The van der Waals surface area contributed by atoms with Crippen molar-refractivity contribution in [3.05, 3.63) is 76.6 Å². The Morgan fingerprint density at radius 3 is 2.58 bits per heavy atom. The molecule has 2 aromatic heterocycles. The van der Waals surface area contributed by atoms with Crippen LogP contribution in [0.4, 0.5) is 5.82 Å². The molecule has 1 saturated heterocycles. The second kappa shape index (κ2) is 9.73. The molecular weight excluding hydrogens is 505 g/mol. The van der Waals surface area contributed by atoms with Crippen LogP contribution in [0.15, 0.2) is 48.5 Å². The summed E-state index contributed by atoms with van der Waals surface area (Å²) in [6, 6.07) is 15.7. The molecule has 0 bridgehead atoms. The lowest BCUT2D eigenvalue weighted by Crippen LogP contribution is -2.41. The van der Waals surface area contributed by atoms with E-state index in [0.29, 0.717) is 37.7 Å². The average molecular weight is 539 g/mol. The van der Waals surface area contributed by atoms with Gasteiger partial charge in [-0.3, -0.25) is 9.36 Å². The highest BCUT2D eigenvalue weighted by Crippen LogP contribution is 2.36. The molecule has 10 heteroatoms. The van der Waals surface area contributed by atoms with Crippen LogP contribution >= 0.6 is 0 Å². The van der Waals surface area contributed by atoms with Crippen molar-refractivity contribution in [3.63, 3.8) is 0 Å². The fourth-order valence-corrected chi connectivity index (χ4v) is 5.32. The lowest BCUT2D eigenvalue weighted by molar-refractivity contribution is 0.00578. The molecule has 206 valence electrons. The Kier molecular flexibility index (Phi) is 6.44. The summed E-state index contributed by atoms with van der Waals surface area (Å²) < 4.78 is 20.3. The largest absolute Gasteiger partial charge is 0.494 e. The quantitative estimate of drug-likeness (QED) is 0.358. The van der Waals surface area contributed by atoms with E-state index in [1.54, 1.807) is 6.07 Å². The zero-order valence-electron chi connectivity index (χ0n) is 23.6. The third-order valence-corrected chi connectivity index (χ3v) is 8.24. The Balaban J connectivity index is 1.33. The smallest absolute Gasteiger partial charge is 0.399 e. The van der Waals surface area contributed by atoms with Crippen molar-refractivity contribution in [2.45, 2.75) is 65.4 Å². The molecule has 0 aliphatic carbocycles. The van der Waals surface area contributed by atoms with Gasteiger partial charge >= 0.3 is 7.12 Å². The van der Waals surface area contributed by atoms with Gasteiger partial charge in [0.05, 0.1) is 35.6 Å². The molecule has 0 spiro atoms. The minimum absolute atomic E-state index is 0.401. The maximum absolute atomic E-state index is 12.1. The minimum Gasteiger partial charge on any atom is -0.399 e. The maximum Gasteiger partial charge on any atom is 0.494 e. The lowest BCUT2D eigenvalue weighted by atomic mass is 9.78. The first kappa shape index (κ1) is 26.5. The van der Waals surface area contributed by atoms with Crippen molar-refractivity contribution in [1.29, 1.82) is 0 Å².